The molecule has 0 unspecified atom stereocenters. The van der Waals surface area contributed by atoms with E-state index in [-0.39, 0.29) is 5.91 Å². The molecule has 0 saturated heterocycles. The maximum atomic E-state index is 11.9. The van der Waals surface area contributed by atoms with Crippen molar-refractivity contribution >= 4 is 45.2 Å². The molecule has 21 heavy (non-hydrogen) atoms. The van der Waals surface area contributed by atoms with E-state index < -0.39 is 5.91 Å². The van der Waals surface area contributed by atoms with Crippen molar-refractivity contribution in [2.75, 3.05) is 11.1 Å². The fraction of sp³-hybridized carbons (Fsp3) is 0.0667. The summed E-state index contributed by atoms with van der Waals surface area (Å²) in [4.78, 5) is 24.0. The average molecular weight is 365 g/mol. The van der Waals surface area contributed by atoms with Gasteiger partial charge in [0.25, 0.3) is 0 Å². The molecule has 108 valence electrons. The number of amides is 2. The molecule has 0 fully saturated rings. The largest absolute Gasteiger partial charge is 0.366 e. The molecule has 0 spiro atoms. The van der Waals surface area contributed by atoms with Crippen molar-refractivity contribution in [3.63, 3.8) is 0 Å². The minimum absolute atomic E-state index is 0.135. The summed E-state index contributed by atoms with van der Waals surface area (Å²) in [7, 11) is 0. The molecule has 4 nitrogen and oxygen atoms in total. The highest BCUT2D eigenvalue weighted by molar-refractivity contribution is 9.10. The van der Waals surface area contributed by atoms with Gasteiger partial charge in [-0.05, 0) is 42.5 Å². The van der Waals surface area contributed by atoms with Crippen LogP contribution in [0.15, 0.2) is 57.9 Å². The second kappa shape index (κ2) is 7.28. The molecule has 2 rings (SSSR count). The van der Waals surface area contributed by atoms with Crippen molar-refractivity contribution in [2.45, 2.75) is 4.90 Å². The zero-order valence-corrected chi connectivity index (χ0v) is 13.4. The molecule has 0 aromatic heterocycles. The lowest BCUT2D eigenvalue weighted by molar-refractivity contribution is -0.113. The van der Waals surface area contributed by atoms with Crippen molar-refractivity contribution in [3.8, 4) is 0 Å². The van der Waals surface area contributed by atoms with Crippen LogP contribution in [0.4, 0.5) is 5.69 Å². The summed E-state index contributed by atoms with van der Waals surface area (Å²) in [6.07, 6.45) is 0. The van der Waals surface area contributed by atoms with Crippen LogP contribution in [-0.2, 0) is 4.79 Å². The van der Waals surface area contributed by atoms with Crippen LogP contribution in [-0.4, -0.2) is 17.6 Å². The Bertz CT molecular complexity index is 659. The summed E-state index contributed by atoms with van der Waals surface area (Å²) in [5.74, 6) is -0.359. The summed E-state index contributed by atoms with van der Waals surface area (Å²) >= 11 is 4.80. The normalized spacial score (nSPS) is 10.1. The van der Waals surface area contributed by atoms with Gasteiger partial charge in [0.2, 0.25) is 11.8 Å². The lowest BCUT2D eigenvalue weighted by atomic mass is 10.2. The van der Waals surface area contributed by atoms with Gasteiger partial charge >= 0.3 is 0 Å². The van der Waals surface area contributed by atoms with Crippen LogP contribution < -0.4 is 11.1 Å². The maximum absolute atomic E-state index is 11.9. The van der Waals surface area contributed by atoms with Gasteiger partial charge in [0.1, 0.15) is 0 Å². The first-order valence-corrected chi connectivity index (χ1v) is 7.90. The number of halogens is 1. The molecule has 0 atom stereocenters. The average Bonchev–Trinajstić information content (AvgIpc) is 2.47. The van der Waals surface area contributed by atoms with Crippen LogP contribution in [0.2, 0.25) is 0 Å². The zero-order chi connectivity index (χ0) is 15.2. The molecule has 0 radical (unpaired) electrons. The summed E-state index contributed by atoms with van der Waals surface area (Å²) < 4.78 is 1.000. The minimum atomic E-state index is -0.518. The Morgan fingerprint density at radius 2 is 1.86 bits per heavy atom. The number of hydrogen-bond acceptors (Lipinski definition) is 3. The van der Waals surface area contributed by atoms with Crippen LogP contribution in [0.1, 0.15) is 10.4 Å². The molecule has 0 aliphatic heterocycles. The van der Waals surface area contributed by atoms with Gasteiger partial charge in [-0.2, -0.15) is 0 Å². The number of thioether (sulfide) groups is 1. The summed E-state index contributed by atoms with van der Waals surface area (Å²) in [5.41, 5.74) is 6.13. The first kappa shape index (κ1) is 15.6. The van der Waals surface area contributed by atoms with Crippen molar-refractivity contribution in [2.24, 2.45) is 5.73 Å². The number of primary amides is 1. The second-order valence-corrected chi connectivity index (χ2v) is 6.20. The highest BCUT2D eigenvalue weighted by atomic mass is 79.9. The van der Waals surface area contributed by atoms with Gasteiger partial charge in [0.05, 0.1) is 5.75 Å². The molecule has 2 amide bonds. The van der Waals surface area contributed by atoms with Crippen LogP contribution in [0, 0.1) is 0 Å². The molecule has 0 aliphatic carbocycles. The topological polar surface area (TPSA) is 72.2 Å². The van der Waals surface area contributed by atoms with Crippen LogP contribution >= 0.6 is 27.7 Å². The minimum Gasteiger partial charge on any atom is -0.366 e. The number of anilines is 1. The van der Waals surface area contributed by atoms with E-state index in [1.165, 1.54) is 11.8 Å². The third-order valence-electron chi connectivity index (χ3n) is 2.61. The predicted octanol–water partition coefficient (Wildman–Crippen LogP) is 3.28. The Kier molecular flexibility index (Phi) is 5.41. The lowest BCUT2D eigenvalue weighted by Gasteiger charge is -2.06. The highest BCUT2D eigenvalue weighted by Gasteiger charge is 2.06. The molecular formula is C15H13BrN2O2S. The van der Waals surface area contributed by atoms with Crippen molar-refractivity contribution in [1.82, 2.24) is 0 Å². The molecule has 3 N–H and O–H groups in total. The molecule has 0 heterocycles. The third kappa shape index (κ3) is 4.91. The summed E-state index contributed by atoms with van der Waals surface area (Å²) in [6, 6.07) is 14.3. The van der Waals surface area contributed by atoms with Gasteiger partial charge in [-0.25, -0.2) is 0 Å². The quantitative estimate of drug-likeness (QED) is 0.799. The summed E-state index contributed by atoms with van der Waals surface area (Å²) in [5, 5.41) is 2.74. The summed E-state index contributed by atoms with van der Waals surface area (Å²) in [6.45, 7) is 0. The van der Waals surface area contributed by atoms with E-state index in [1.54, 1.807) is 24.3 Å². The standard InChI is InChI=1S/C15H13BrN2O2S/c16-11-4-6-13(7-5-11)21-9-14(19)18-12-3-1-2-10(8-12)15(17)20/h1-8H,9H2,(H2,17,20)(H,18,19). The predicted molar refractivity (Wildman–Crippen MR) is 88.5 cm³/mol. The number of carbonyl (C=O) groups excluding carboxylic acids is 2. The zero-order valence-electron chi connectivity index (χ0n) is 11.0. The fourth-order valence-electron chi connectivity index (χ4n) is 1.63. The van der Waals surface area contributed by atoms with Crippen LogP contribution in [0.25, 0.3) is 0 Å². The van der Waals surface area contributed by atoms with E-state index >= 15 is 0 Å². The van der Waals surface area contributed by atoms with Gasteiger partial charge in [0, 0.05) is 20.6 Å². The van der Waals surface area contributed by atoms with E-state index in [1.807, 2.05) is 24.3 Å². The second-order valence-electron chi connectivity index (χ2n) is 4.24. The number of nitrogens with one attached hydrogen (secondary N) is 1. The van der Waals surface area contributed by atoms with E-state index in [2.05, 4.69) is 21.2 Å². The Hall–Kier alpha value is -1.79. The van der Waals surface area contributed by atoms with Crippen molar-refractivity contribution < 1.29 is 9.59 Å². The van der Waals surface area contributed by atoms with Crippen LogP contribution in [0.5, 0.6) is 0 Å². The lowest BCUT2D eigenvalue weighted by Crippen LogP contribution is -2.15. The SMILES string of the molecule is NC(=O)c1cccc(NC(=O)CSc2ccc(Br)cc2)c1. The first-order chi connectivity index (χ1) is 10.0. The Morgan fingerprint density at radius 1 is 1.14 bits per heavy atom. The first-order valence-electron chi connectivity index (χ1n) is 6.12. The van der Waals surface area contributed by atoms with E-state index in [4.69, 9.17) is 5.73 Å². The number of nitrogens with two attached hydrogens (primary N) is 1. The Labute approximate surface area is 135 Å². The van der Waals surface area contributed by atoms with Gasteiger partial charge in [-0.1, -0.05) is 22.0 Å². The van der Waals surface area contributed by atoms with Crippen molar-refractivity contribution in [3.05, 3.63) is 58.6 Å². The number of rotatable bonds is 5. The molecular weight excluding hydrogens is 352 g/mol. The Morgan fingerprint density at radius 3 is 2.52 bits per heavy atom. The molecule has 2 aromatic carbocycles. The van der Waals surface area contributed by atoms with Gasteiger partial charge in [-0.15, -0.1) is 11.8 Å². The van der Waals surface area contributed by atoms with Crippen LogP contribution in [0.3, 0.4) is 0 Å². The molecule has 6 heteroatoms. The number of carbonyl (C=O) groups is 2. The van der Waals surface area contributed by atoms with E-state index in [0.717, 1.165) is 9.37 Å². The monoisotopic (exact) mass is 364 g/mol. The van der Waals surface area contributed by atoms with Gasteiger partial charge in [-0.3, -0.25) is 9.59 Å². The third-order valence-corrected chi connectivity index (χ3v) is 4.16. The Balaban J connectivity index is 1.91. The molecule has 2 aromatic rings. The fourth-order valence-corrected chi connectivity index (χ4v) is 2.59. The van der Waals surface area contributed by atoms with E-state index in [9.17, 15) is 9.59 Å². The smallest absolute Gasteiger partial charge is 0.248 e. The molecule has 0 aliphatic rings. The number of benzene rings is 2. The maximum Gasteiger partial charge on any atom is 0.248 e. The number of hydrogen-bond donors (Lipinski definition) is 2. The van der Waals surface area contributed by atoms with Gasteiger partial charge < -0.3 is 11.1 Å². The highest BCUT2D eigenvalue weighted by Crippen LogP contribution is 2.21. The molecule has 0 saturated carbocycles. The van der Waals surface area contributed by atoms with E-state index in [0.29, 0.717) is 17.0 Å². The van der Waals surface area contributed by atoms with Crippen molar-refractivity contribution in [1.29, 1.82) is 0 Å². The van der Waals surface area contributed by atoms with Gasteiger partial charge in [0.15, 0.2) is 0 Å². The molecule has 0 bridgehead atoms.